The lowest BCUT2D eigenvalue weighted by molar-refractivity contribution is -0.130. The Labute approximate surface area is 111 Å². The number of aliphatic hydroxyl groups is 1. The minimum Gasteiger partial charge on any atom is -0.393 e. The Kier molecular flexibility index (Phi) is 5.10. The summed E-state index contributed by atoms with van der Waals surface area (Å²) in [7, 11) is 1.68. The third-order valence-corrected chi connectivity index (χ3v) is 3.97. The summed E-state index contributed by atoms with van der Waals surface area (Å²) >= 11 is 1.16. The van der Waals surface area contributed by atoms with Crippen molar-refractivity contribution in [2.24, 2.45) is 0 Å². The molecule has 0 radical (unpaired) electrons. The molecular formula is C12H20N2O3S. The van der Waals surface area contributed by atoms with Gasteiger partial charge in [-0.3, -0.25) is 14.2 Å². The minimum atomic E-state index is -0.423. The van der Waals surface area contributed by atoms with E-state index in [-0.39, 0.29) is 17.3 Å². The molecule has 1 aromatic heterocycles. The van der Waals surface area contributed by atoms with E-state index in [1.54, 1.807) is 18.9 Å². The van der Waals surface area contributed by atoms with Gasteiger partial charge in [-0.1, -0.05) is 11.3 Å². The molecule has 0 bridgehead atoms. The number of aromatic nitrogens is 1. The molecule has 1 rings (SSSR count). The minimum absolute atomic E-state index is 0.0747. The fraction of sp³-hybridized carbons (Fsp3) is 0.667. The average molecular weight is 272 g/mol. The van der Waals surface area contributed by atoms with Gasteiger partial charge in [0.2, 0.25) is 5.91 Å². The molecule has 1 aromatic rings. The molecule has 1 atom stereocenters. The Morgan fingerprint density at radius 2 is 2.11 bits per heavy atom. The second kappa shape index (κ2) is 6.15. The van der Waals surface area contributed by atoms with E-state index in [4.69, 9.17) is 0 Å². The number of carbonyl (C=O) groups excluding carboxylic acids is 1. The molecule has 0 aliphatic heterocycles. The van der Waals surface area contributed by atoms with Crippen molar-refractivity contribution in [1.29, 1.82) is 0 Å². The number of rotatable bonds is 5. The summed E-state index contributed by atoms with van der Waals surface area (Å²) in [6, 6.07) is 0. The van der Waals surface area contributed by atoms with Crippen molar-refractivity contribution < 1.29 is 9.90 Å². The van der Waals surface area contributed by atoms with E-state index in [1.807, 2.05) is 13.8 Å². The molecule has 0 aliphatic carbocycles. The van der Waals surface area contributed by atoms with Gasteiger partial charge in [0.05, 0.1) is 6.10 Å². The van der Waals surface area contributed by atoms with Crippen LogP contribution in [-0.2, 0) is 11.3 Å². The third kappa shape index (κ3) is 3.68. The summed E-state index contributed by atoms with van der Waals surface area (Å²) in [5, 5.41) is 9.17. The van der Waals surface area contributed by atoms with Crippen LogP contribution < -0.4 is 4.87 Å². The van der Waals surface area contributed by atoms with Crippen LogP contribution in [0.2, 0.25) is 0 Å². The molecule has 0 saturated carbocycles. The van der Waals surface area contributed by atoms with Gasteiger partial charge in [0.1, 0.15) is 6.54 Å². The van der Waals surface area contributed by atoms with Crippen LogP contribution >= 0.6 is 11.3 Å². The molecule has 0 aliphatic rings. The summed E-state index contributed by atoms with van der Waals surface area (Å²) in [5.74, 6) is -0.112. The highest BCUT2D eigenvalue weighted by Crippen LogP contribution is 2.09. The van der Waals surface area contributed by atoms with Crippen molar-refractivity contribution in [3.05, 3.63) is 20.2 Å². The van der Waals surface area contributed by atoms with Crippen LogP contribution in [0.4, 0.5) is 0 Å². The van der Waals surface area contributed by atoms with Crippen LogP contribution in [0, 0.1) is 13.8 Å². The molecule has 102 valence electrons. The number of likely N-dealkylation sites (N-methyl/N-ethyl adjacent to an activating group) is 1. The van der Waals surface area contributed by atoms with Gasteiger partial charge >= 0.3 is 4.87 Å². The van der Waals surface area contributed by atoms with Crippen molar-refractivity contribution in [3.8, 4) is 0 Å². The quantitative estimate of drug-likeness (QED) is 0.860. The first-order valence-corrected chi connectivity index (χ1v) is 6.73. The van der Waals surface area contributed by atoms with Crippen LogP contribution in [0.5, 0.6) is 0 Å². The van der Waals surface area contributed by atoms with Crippen LogP contribution in [-0.4, -0.2) is 40.2 Å². The first-order valence-electron chi connectivity index (χ1n) is 5.91. The Morgan fingerprint density at radius 1 is 1.50 bits per heavy atom. The molecule has 5 nitrogen and oxygen atoms in total. The summed E-state index contributed by atoms with van der Waals surface area (Å²) in [4.78, 5) is 26.0. The Bertz CT molecular complexity index is 476. The molecule has 6 heteroatoms. The predicted molar refractivity (Wildman–Crippen MR) is 72.0 cm³/mol. The lowest BCUT2D eigenvalue weighted by Crippen LogP contribution is -2.34. The number of aryl methyl sites for hydroxylation is 1. The van der Waals surface area contributed by atoms with Gasteiger partial charge in [-0.15, -0.1) is 0 Å². The maximum absolute atomic E-state index is 11.9. The van der Waals surface area contributed by atoms with Crippen molar-refractivity contribution >= 4 is 17.2 Å². The molecular weight excluding hydrogens is 252 g/mol. The SMILES string of the molecule is Cc1sc(=O)n(CC(=O)N(C)CCC(C)O)c1C. The first kappa shape index (κ1) is 14.9. The van der Waals surface area contributed by atoms with Crippen LogP contribution in [0.15, 0.2) is 4.79 Å². The van der Waals surface area contributed by atoms with Crippen molar-refractivity contribution in [1.82, 2.24) is 9.47 Å². The average Bonchev–Trinajstić information content (AvgIpc) is 2.52. The normalized spacial score (nSPS) is 12.5. The highest BCUT2D eigenvalue weighted by molar-refractivity contribution is 7.09. The zero-order valence-electron chi connectivity index (χ0n) is 11.3. The van der Waals surface area contributed by atoms with E-state index in [0.29, 0.717) is 13.0 Å². The van der Waals surface area contributed by atoms with Crippen LogP contribution in [0.1, 0.15) is 23.9 Å². The predicted octanol–water partition coefficient (Wildman–Crippen LogP) is 0.756. The Balaban J connectivity index is 2.67. The van der Waals surface area contributed by atoms with Crippen molar-refractivity contribution in [3.63, 3.8) is 0 Å². The summed E-state index contributed by atoms with van der Waals surface area (Å²) in [6.07, 6.45) is 0.117. The van der Waals surface area contributed by atoms with Gasteiger partial charge in [0, 0.05) is 24.2 Å². The monoisotopic (exact) mass is 272 g/mol. The van der Waals surface area contributed by atoms with Gasteiger partial charge in [0.15, 0.2) is 0 Å². The summed E-state index contributed by atoms with van der Waals surface area (Å²) < 4.78 is 1.50. The van der Waals surface area contributed by atoms with Gasteiger partial charge in [-0.25, -0.2) is 0 Å². The molecule has 0 saturated heterocycles. The summed E-state index contributed by atoms with van der Waals surface area (Å²) in [5.41, 5.74) is 0.849. The largest absolute Gasteiger partial charge is 0.393 e. The van der Waals surface area contributed by atoms with Crippen LogP contribution in [0.25, 0.3) is 0 Å². The van der Waals surface area contributed by atoms with Crippen molar-refractivity contribution in [2.45, 2.75) is 39.8 Å². The van der Waals surface area contributed by atoms with Crippen molar-refractivity contribution in [2.75, 3.05) is 13.6 Å². The molecule has 0 fully saturated rings. The molecule has 18 heavy (non-hydrogen) atoms. The smallest absolute Gasteiger partial charge is 0.308 e. The number of amides is 1. The van der Waals surface area contributed by atoms with E-state index >= 15 is 0 Å². The second-order valence-electron chi connectivity index (χ2n) is 4.55. The van der Waals surface area contributed by atoms with Gasteiger partial charge in [0.25, 0.3) is 0 Å². The van der Waals surface area contributed by atoms with Crippen LogP contribution in [0.3, 0.4) is 0 Å². The fourth-order valence-corrected chi connectivity index (χ4v) is 2.36. The molecule has 0 spiro atoms. The van der Waals surface area contributed by atoms with E-state index in [2.05, 4.69) is 0 Å². The van der Waals surface area contributed by atoms with Gasteiger partial charge in [-0.05, 0) is 27.2 Å². The second-order valence-corrected chi connectivity index (χ2v) is 5.71. The molecule has 1 heterocycles. The van der Waals surface area contributed by atoms with Gasteiger partial charge in [-0.2, -0.15) is 0 Å². The number of hydrogen-bond acceptors (Lipinski definition) is 4. The summed E-state index contributed by atoms with van der Waals surface area (Å²) in [6.45, 7) is 5.98. The van der Waals surface area contributed by atoms with E-state index in [9.17, 15) is 14.7 Å². The number of thiazole rings is 1. The lowest BCUT2D eigenvalue weighted by Gasteiger charge is -2.18. The zero-order chi connectivity index (χ0) is 13.9. The number of nitrogens with zero attached hydrogens (tertiary/aromatic N) is 2. The maximum Gasteiger partial charge on any atom is 0.308 e. The highest BCUT2D eigenvalue weighted by Gasteiger charge is 2.14. The molecule has 0 aromatic carbocycles. The first-order chi connectivity index (χ1) is 8.32. The Hall–Kier alpha value is -1.14. The van der Waals surface area contributed by atoms with Gasteiger partial charge < -0.3 is 10.0 Å². The Morgan fingerprint density at radius 3 is 2.56 bits per heavy atom. The number of aliphatic hydroxyl groups excluding tert-OH is 1. The molecule has 1 amide bonds. The zero-order valence-corrected chi connectivity index (χ0v) is 12.1. The van der Waals surface area contributed by atoms with E-state index in [1.165, 1.54) is 4.57 Å². The van der Waals surface area contributed by atoms with E-state index < -0.39 is 6.10 Å². The topological polar surface area (TPSA) is 62.5 Å². The number of hydrogen-bond donors (Lipinski definition) is 1. The fourth-order valence-electron chi connectivity index (χ4n) is 1.53. The number of carbonyl (C=O) groups is 1. The standard InChI is InChI=1S/C12H20N2O3S/c1-8(15)5-6-13(4)11(16)7-14-9(2)10(3)18-12(14)17/h8,15H,5-7H2,1-4H3. The highest BCUT2D eigenvalue weighted by atomic mass is 32.1. The molecule has 1 unspecified atom stereocenters. The maximum atomic E-state index is 11.9. The third-order valence-electron chi connectivity index (χ3n) is 2.98. The lowest BCUT2D eigenvalue weighted by atomic mass is 10.3. The molecule has 1 N–H and O–H groups in total. The van der Waals surface area contributed by atoms with E-state index in [0.717, 1.165) is 21.9 Å².